The van der Waals surface area contributed by atoms with Crippen molar-refractivity contribution in [3.8, 4) is 0 Å². The number of carbonyl (C=O) groups is 2. The van der Waals surface area contributed by atoms with Gasteiger partial charge in [-0.2, -0.15) is 26.3 Å². The van der Waals surface area contributed by atoms with Gasteiger partial charge in [0.25, 0.3) is 0 Å². The monoisotopic (exact) mass is 394 g/mol. The number of amides is 2. The fourth-order valence-corrected chi connectivity index (χ4v) is 3.01. The summed E-state index contributed by atoms with van der Waals surface area (Å²) in [5.74, 6) is -1.40. The number of halogens is 6. The summed E-state index contributed by atoms with van der Waals surface area (Å²) in [6.45, 7) is 0.649. The zero-order valence-electron chi connectivity index (χ0n) is 14.0. The van der Waals surface area contributed by atoms with Crippen LogP contribution in [0.1, 0.15) is 30.4 Å². The number of alkyl halides is 6. The SMILES string of the molecule is O=C(Nc1cc(C(F)(F)F)cc(C(F)(F)F)c1)[C@@H]1CC(=O)N(CC2CC2)C1. The van der Waals surface area contributed by atoms with Gasteiger partial charge in [-0.15, -0.1) is 0 Å². The van der Waals surface area contributed by atoms with Gasteiger partial charge in [0.2, 0.25) is 11.8 Å². The molecule has 2 amide bonds. The molecule has 1 saturated carbocycles. The summed E-state index contributed by atoms with van der Waals surface area (Å²) in [6.07, 6.45) is -8.09. The van der Waals surface area contributed by atoms with Gasteiger partial charge in [0.1, 0.15) is 0 Å². The molecule has 0 unspecified atom stereocenters. The number of hydrogen-bond donors (Lipinski definition) is 1. The Balaban J connectivity index is 1.76. The van der Waals surface area contributed by atoms with Gasteiger partial charge in [0, 0.05) is 25.2 Å². The number of nitrogens with zero attached hydrogens (tertiary/aromatic N) is 1. The van der Waals surface area contributed by atoms with Crippen LogP contribution in [0.3, 0.4) is 0 Å². The lowest BCUT2D eigenvalue weighted by Crippen LogP contribution is -2.30. The Morgan fingerprint density at radius 2 is 1.59 bits per heavy atom. The number of anilines is 1. The van der Waals surface area contributed by atoms with Crippen LogP contribution in [0.25, 0.3) is 0 Å². The minimum absolute atomic E-state index is 0.00782. The van der Waals surface area contributed by atoms with E-state index in [1.807, 2.05) is 0 Å². The first-order valence-corrected chi connectivity index (χ1v) is 8.31. The highest BCUT2D eigenvalue weighted by Crippen LogP contribution is 2.38. The third kappa shape index (κ3) is 4.72. The van der Waals surface area contributed by atoms with Crippen molar-refractivity contribution in [1.29, 1.82) is 0 Å². The first kappa shape index (κ1) is 19.5. The lowest BCUT2D eigenvalue weighted by atomic mass is 10.1. The highest BCUT2D eigenvalue weighted by Gasteiger charge is 2.39. The molecule has 3 rings (SSSR count). The maximum atomic E-state index is 12.9. The topological polar surface area (TPSA) is 49.4 Å². The Hall–Kier alpha value is -2.26. The molecule has 0 aromatic heterocycles. The second kappa shape index (κ2) is 6.72. The van der Waals surface area contributed by atoms with Crippen LogP contribution in [0.5, 0.6) is 0 Å². The highest BCUT2D eigenvalue weighted by molar-refractivity contribution is 5.97. The van der Waals surface area contributed by atoms with E-state index in [0.717, 1.165) is 12.8 Å². The molecule has 148 valence electrons. The van der Waals surface area contributed by atoms with E-state index >= 15 is 0 Å². The van der Waals surface area contributed by atoms with Gasteiger partial charge in [-0.3, -0.25) is 9.59 Å². The van der Waals surface area contributed by atoms with Crippen LogP contribution in [0.4, 0.5) is 32.0 Å². The van der Waals surface area contributed by atoms with Crippen molar-refractivity contribution in [2.45, 2.75) is 31.6 Å². The molecule has 1 saturated heterocycles. The Bertz CT molecular complexity index is 723. The fourth-order valence-electron chi connectivity index (χ4n) is 3.01. The van der Waals surface area contributed by atoms with Crippen LogP contribution in [0.2, 0.25) is 0 Å². The standard InChI is InChI=1S/C17H16F6N2O2/c18-16(19,20)11-4-12(17(21,22)23)6-13(5-11)24-15(27)10-3-14(26)25(8-10)7-9-1-2-9/h4-6,9-10H,1-3,7-8H2,(H,24,27)/t10-/m1/s1. The van der Waals surface area contributed by atoms with Gasteiger partial charge in [-0.1, -0.05) is 0 Å². The quantitative estimate of drug-likeness (QED) is 0.787. The molecule has 1 aromatic rings. The van der Waals surface area contributed by atoms with E-state index in [0.29, 0.717) is 24.6 Å². The van der Waals surface area contributed by atoms with Crippen molar-refractivity contribution >= 4 is 17.5 Å². The zero-order chi connectivity index (χ0) is 20.0. The molecular weight excluding hydrogens is 378 g/mol. The minimum atomic E-state index is -4.99. The molecule has 1 aliphatic heterocycles. The molecule has 0 spiro atoms. The summed E-state index contributed by atoms with van der Waals surface area (Å²) in [7, 11) is 0. The minimum Gasteiger partial charge on any atom is -0.342 e. The molecule has 0 bridgehead atoms. The number of nitrogens with one attached hydrogen (secondary N) is 1. The fraction of sp³-hybridized carbons (Fsp3) is 0.529. The van der Waals surface area contributed by atoms with Crippen LogP contribution < -0.4 is 5.32 Å². The Morgan fingerprint density at radius 1 is 1.04 bits per heavy atom. The van der Waals surface area contributed by atoms with Crippen LogP contribution in [-0.4, -0.2) is 29.8 Å². The normalized spacial score (nSPS) is 20.9. The number of carbonyl (C=O) groups excluding carboxylic acids is 2. The molecule has 2 aliphatic rings. The second-order valence-corrected chi connectivity index (χ2v) is 6.93. The third-order valence-electron chi connectivity index (χ3n) is 4.62. The largest absolute Gasteiger partial charge is 0.416 e. The third-order valence-corrected chi connectivity index (χ3v) is 4.62. The van der Waals surface area contributed by atoms with Crippen molar-refractivity contribution in [2.24, 2.45) is 11.8 Å². The van der Waals surface area contributed by atoms with Crippen LogP contribution in [0, 0.1) is 11.8 Å². The molecule has 1 heterocycles. The van der Waals surface area contributed by atoms with E-state index in [2.05, 4.69) is 5.32 Å². The van der Waals surface area contributed by atoms with Crippen LogP contribution >= 0.6 is 0 Å². The summed E-state index contributed by atoms with van der Waals surface area (Å²) in [5.41, 5.74) is -3.62. The summed E-state index contributed by atoms with van der Waals surface area (Å²) >= 11 is 0. The van der Waals surface area contributed by atoms with E-state index in [1.165, 1.54) is 4.90 Å². The number of likely N-dealkylation sites (tertiary alicyclic amines) is 1. The average molecular weight is 394 g/mol. The smallest absolute Gasteiger partial charge is 0.342 e. The first-order valence-electron chi connectivity index (χ1n) is 8.31. The molecule has 1 aromatic carbocycles. The van der Waals surface area contributed by atoms with Gasteiger partial charge in [0.05, 0.1) is 17.0 Å². The summed E-state index contributed by atoms with van der Waals surface area (Å²) in [5, 5.41) is 2.10. The van der Waals surface area contributed by atoms with Gasteiger partial charge in [-0.05, 0) is 37.0 Å². The molecule has 1 N–H and O–H groups in total. The van der Waals surface area contributed by atoms with E-state index < -0.39 is 41.0 Å². The lowest BCUT2D eigenvalue weighted by molar-refractivity contribution is -0.143. The molecule has 2 fully saturated rings. The van der Waals surface area contributed by atoms with E-state index in [4.69, 9.17) is 0 Å². The summed E-state index contributed by atoms with van der Waals surface area (Å²) in [6, 6.07) is 0.893. The maximum absolute atomic E-state index is 12.9. The first-order chi connectivity index (χ1) is 12.4. The van der Waals surface area contributed by atoms with Crippen LogP contribution in [0.15, 0.2) is 18.2 Å². The van der Waals surface area contributed by atoms with Crippen molar-refractivity contribution in [3.63, 3.8) is 0 Å². The molecule has 0 radical (unpaired) electrons. The Labute approximate surface area is 150 Å². The number of benzene rings is 1. The second-order valence-electron chi connectivity index (χ2n) is 6.93. The van der Waals surface area contributed by atoms with Crippen LogP contribution in [-0.2, 0) is 21.9 Å². The molecular formula is C17H16F6N2O2. The molecule has 1 atom stereocenters. The van der Waals surface area contributed by atoms with E-state index in [-0.39, 0.29) is 24.9 Å². The predicted octanol–water partition coefficient (Wildman–Crippen LogP) is 3.92. The molecule has 10 heteroatoms. The predicted molar refractivity (Wildman–Crippen MR) is 82.5 cm³/mol. The summed E-state index contributed by atoms with van der Waals surface area (Å²) < 4.78 is 77.2. The Morgan fingerprint density at radius 3 is 2.07 bits per heavy atom. The molecule has 4 nitrogen and oxygen atoms in total. The van der Waals surface area contributed by atoms with Crippen molar-refractivity contribution in [3.05, 3.63) is 29.3 Å². The summed E-state index contributed by atoms with van der Waals surface area (Å²) in [4.78, 5) is 25.7. The van der Waals surface area contributed by atoms with Gasteiger partial charge < -0.3 is 10.2 Å². The van der Waals surface area contributed by atoms with Gasteiger partial charge >= 0.3 is 12.4 Å². The lowest BCUT2D eigenvalue weighted by Gasteiger charge is -2.17. The van der Waals surface area contributed by atoms with Crippen molar-refractivity contribution in [1.82, 2.24) is 4.90 Å². The number of rotatable bonds is 4. The van der Waals surface area contributed by atoms with E-state index in [1.54, 1.807) is 0 Å². The van der Waals surface area contributed by atoms with Gasteiger partial charge in [-0.25, -0.2) is 0 Å². The molecule has 1 aliphatic carbocycles. The molecule has 27 heavy (non-hydrogen) atoms. The van der Waals surface area contributed by atoms with Gasteiger partial charge in [0.15, 0.2) is 0 Å². The van der Waals surface area contributed by atoms with Crippen molar-refractivity contribution < 1.29 is 35.9 Å². The highest BCUT2D eigenvalue weighted by atomic mass is 19.4. The average Bonchev–Trinajstić information content (AvgIpc) is 3.27. The maximum Gasteiger partial charge on any atom is 0.416 e. The van der Waals surface area contributed by atoms with Crippen molar-refractivity contribution in [2.75, 3.05) is 18.4 Å². The Kier molecular flexibility index (Phi) is 4.85. The zero-order valence-corrected chi connectivity index (χ0v) is 14.0. The van der Waals surface area contributed by atoms with E-state index in [9.17, 15) is 35.9 Å². The number of hydrogen-bond acceptors (Lipinski definition) is 2.